The number of nitrogens with two attached hydrogens (primary N) is 2. The summed E-state index contributed by atoms with van der Waals surface area (Å²) in [7, 11) is 0. The number of benzene rings is 1. The van der Waals surface area contributed by atoms with E-state index in [1.807, 2.05) is 18.2 Å². The maximum absolute atomic E-state index is 10.9. The maximum atomic E-state index is 10.9. The Morgan fingerprint density at radius 3 is 2.82 bits per heavy atom. The zero-order chi connectivity index (χ0) is 15.9. The van der Waals surface area contributed by atoms with E-state index in [-0.39, 0.29) is 11.7 Å². The molecule has 1 aromatic carbocycles. The summed E-state index contributed by atoms with van der Waals surface area (Å²) in [6.07, 6.45) is 4.05. The Kier molecular flexibility index (Phi) is 5.57. The van der Waals surface area contributed by atoms with Crippen LogP contribution in [0.25, 0.3) is 11.1 Å². The zero-order valence-electron chi connectivity index (χ0n) is 12.3. The van der Waals surface area contributed by atoms with E-state index in [2.05, 4.69) is 4.98 Å². The quantitative estimate of drug-likeness (QED) is 0.602. The van der Waals surface area contributed by atoms with Crippen LogP contribution >= 0.6 is 0 Å². The van der Waals surface area contributed by atoms with Crippen LogP contribution in [0.2, 0.25) is 0 Å². The highest BCUT2D eigenvalue weighted by molar-refractivity contribution is 5.68. The van der Waals surface area contributed by atoms with Crippen molar-refractivity contribution < 1.29 is 4.92 Å². The molecule has 0 aliphatic rings. The molecule has 0 radical (unpaired) electrons. The predicted molar refractivity (Wildman–Crippen MR) is 86.3 cm³/mol. The average Bonchev–Trinajstić information content (AvgIpc) is 2.53. The highest BCUT2D eigenvalue weighted by Gasteiger charge is 2.13. The lowest BCUT2D eigenvalue weighted by molar-refractivity contribution is -0.384. The van der Waals surface area contributed by atoms with Crippen molar-refractivity contribution in [2.45, 2.75) is 25.3 Å². The summed E-state index contributed by atoms with van der Waals surface area (Å²) >= 11 is 0. The van der Waals surface area contributed by atoms with Gasteiger partial charge in [-0.25, -0.2) is 0 Å². The van der Waals surface area contributed by atoms with E-state index in [1.165, 1.54) is 6.07 Å². The van der Waals surface area contributed by atoms with Crippen molar-refractivity contribution in [2.75, 3.05) is 6.54 Å². The fraction of sp³-hybridized carbons (Fsp3) is 0.312. The number of rotatable bonds is 7. The van der Waals surface area contributed by atoms with Crippen LogP contribution in [-0.4, -0.2) is 22.5 Å². The summed E-state index contributed by atoms with van der Waals surface area (Å²) < 4.78 is 0. The van der Waals surface area contributed by atoms with Gasteiger partial charge in [0.15, 0.2) is 0 Å². The average molecular weight is 300 g/mol. The third kappa shape index (κ3) is 4.09. The first-order valence-electron chi connectivity index (χ1n) is 7.26. The van der Waals surface area contributed by atoms with E-state index in [0.717, 1.165) is 29.7 Å². The van der Waals surface area contributed by atoms with E-state index < -0.39 is 4.92 Å². The van der Waals surface area contributed by atoms with Gasteiger partial charge in [-0.1, -0.05) is 18.2 Å². The van der Waals surface area contributed by atoms with E-state index in [1.54, 1.807) is 18.3 Å². The number of hydrogen-bond donors (Lipinski definition) is 2. The van der Waals surface area contributed by atoms with E-state index >= 15 is 0 Å². The van der Waals surface area contributed by atoms with Crippen LogP contribution in [0, 0.1) is 10.1 Å². The molecular weight excluding hydrogens is 280 g/mol. The molecule has 2 rings (SSSR count). The summed E-state index contributed by atoms with van der Waals surface area (Å²) in [4.78, 5) is 14.9. The smallest absolute Gasteiger partial charge is 0.270 e. The largest absolute Gasteiger partial charge is 0.330 e. The lowest BCUT2D eigenvalue weighted by atomic mass is 9.98. The van der Waals surface area contributed by atoms with Crippen LogP contribution in [0.5, 0.6) is 0 Å². The van der Waals surface area contributed by atoms with E-state index in [4.69, 9.17) is 11.5 Å². The van der Waals surface area contributed by atoms with Gasteiger partial charge in [-0.05, 0) is 31.0 Å². The summed E-state index contributed by atoms with van der Waals surface area (Å²) in [5, 5.41) is 10.9. The number of nitro groups is 1. The molecule has 0 saturated heterocycles. The normalized spacial score (nSPS) is 12.1. The Morgan fingerprint density at radius 2 is 2.09 bits per heavy atom. The molecule has 22 heavy (non-hydrogen) atoms. The third-order valence-electron chi connectivity index (χ3n) is 3.49. The summed E-state index contributed by atoms with van der Waals surface area (Å²) in [5.74, 6) is 0. The van der Waals surface area contributed by atoms with Gasteiger partial charge in [0.1, 0.15) is 0 Å². The Labute approximate surface area is 129 Å². The van der Waals surface area contributed by atoms with Crippen molar-refractivity contribution in [1.82, 2.24) is 4.98 Å². The lowest BCUT2D eigenvalue weighted by Gasteiger charge is -2.13. The second-order valence-electron chi connectivity index (χ2n) is 5.20. The number of aromatic nitrogens is 1. The molecular formula is C16H20N4O2. The highest BCUT2D eigenvalue weighted by atomic mass is 16.6. The molecule has 4 N–H and O–H groups in total. The van der Waals surface area contributed by atoms with Gasteiger partial charge in [0.2, 0.25) is 0 Å². The number of nitrogens with zero attached hydrogens (tertiary/aromatic N) is 2. The van der Waals surface area contributed by atoms with Gasteiger partial charge in [0.25, 0.3) is 5.69 Å². The van der Waals surface area contributed by atoms with Crippen molar-refractivity contribution >= 4 is 5.69 Å². The van der Waals surface area contributed by atoms with Gasteiger partial charge in [-0.3, -0.25) is 15.1 Å². The number of nitro benzene ring substituents is 1. The summed E-state index contributed by atoms with van der Waals surface area (Å²) in [6.45, 7) is 0.619. The molecule has 0 fully saturated rings. The molecule has 0 spiro atoms. The van der Waals surface area contributed by atoms with Crippen LogP contribution in [0.3, 0.4) is 0 Å². The van der Waals surface area contributed by atoms with Crippen molar-refractivity contribution in [3.05, 3.63) is 58.4 Å². The van der Waals surface area contributed by atoms with E-state index in [0.29, 0.717) is 13.0 Å². The first-order chi connectivity index (χ1) is 10.6. The summed E-state index contributed by atoms with van der Waals surface area (Å²) in [5.41, 5.74) is 14.2. The fourth-order valence-electron chi connectivity index (χ4n) is 2.38. The van der Waals surface area contributed by atoms with Crippen LogP contribution in [0.15, 0.2) is 42.6 Å². The van der Waals surface area contributed by atoms with E-state index in [9.17, 15) is 10.1 Å². The molecule has 2 aromatic rings. The number of non-ortho nitro benzene ring substituents is 1. The molecule has 0 amide bonds. The number of pyridine rings is 1. The Hall–Kier alpha value is -2.31. The van der Waals surface area contributed by atoms with Gasteiger partial charge < -0.3 is 11.5 Å². The monoisotopic (exact) mass is 300 g/mol. The highest BCUT2D eigenvalue weighted by Crippen LogP contribution is 2.26. The zero-order valence-corrected chi connectivity index (χ0v) is 12.3. The fourth-order valence-corrected chi connectivity index (χ4v) is 2.38. The molecule has 0 bridgehead atoms. The van der Waals surface area contributed by atoms with Crippen molar-refractivity contribution in [3.63, 3.8) is 0 Å². The lowest BCUT2D eigenvalue weighted by Crippen LogP contribution is -2.24. The molecule has 0 aliphatic heterocycles. The number of hydrogen-bond acceptors (Lipinski definition) is 5. The Balaban J connectivity index is 2.28. The molecule has 6 nitrogen and oxygen atoms in total. The minimum atomic E-state index is -0.396. The first kappa shape index (κ1) is 16.1. The molecule has 0 aliphatic carbocycles. The predicted octanol–water partition coefficient (Wildman–Crippen LogP) is 2.27. The van der Waals surface area contributed by atoms with Crippen LogP contribution < -0.4 is 11.5 Å². The minimum absolute atomic E-state index is 0.0177. The topological polar surface area (TPSA) is 108 Å². The second kappa shape index (κ2) is 7.63. The van der Waals surface area contributed by atoms with Crippen LogP contribution in [-0.2, 0) is 6.42 Å². The molecule has 1 atom stereocenters. The maximum Gasteiger partial charge on any atom is 0.270 e. The Morgan fingerprint density at radius 1 is 1.27 bits per heavy atom. The van der Waals surface area contributed by atoms with Crippen LogP contribution in [0.1, 0.15) is 18.5 Å². The van der Waals surface area contributed by atoms with Crippen molar-refractivity contribution in [3.8, 4) is 11.1 Å². The SMILES string of the molecule is NCCCC(N)Cc1ncccc1-c1cccc([N+](=O)[O-])c1. The summed E-state index contributed by atoms with van der Waals surface area (Å²) in [6, 6.07) is 10.3. The van der Waals surface area contributed by atoms with Gasteiger partial charge in [-0.2, -0.15) is 0 Å². The second-order valence-corrected chi connectivity index (χ2v) is 5.20. The van der Waals surface area contributed by atoms with Gasteiger partial charge in [-0.15, -0.1) is 0 Å². The first-order valence-corrected chi connectivity index (χ1v) is 7.26. The van der Waals surface area contributed by atoms with Gasteiger partial charge in [0.05, 0.1) is 4.92 Å². The molecule has 116 valence electrons. The van der Waals surface area contributed by atoms with Gasteiger partial charge in [0, 0.05) is 42.0 Å². The minimum Gasteiger partial charge on any atom is -0.330 e. The van der Waals surface area contributed by atoms with Crippen LogP contribution in [0.4, 0.5) is 5.69 Å². The molecule has 1 unspecified atom stereocenters. The van der Waals surface area contributed by atoms with Gasteiger partial charge >= 0.3 is 0 Å². The van der Waals surface area contributed by atoms with Crippen molar-refractivity contribution in [1.29, 1.82) is 0 Å². The Bertz CT molecular complexity index is 646. The van der Waals surface area contributed by atoms with Crippen molar-refractivity contribution in [2.24, 2.45) is 11.5 Å². The molecule has 1 heterocycles. The molecule has 1 aromatic heterocycles. The standard InChI is InChI=1S/C16H20N4O2/c17-8-2-5-13(18)11-16-15(7-3-9-19-16)12-4-1-6-14(10-12)20(21)22/h1,3-4,6-7,9-10,13H,2,5,8,11,17-18H2. The molecule has 6 heteroatoms. The third-order valence-corrected chi connectivity index (χ3v) is 3.49. The molecule has 0 saturated carbocycles.